The van der Waals surface area contributed by atoms with Crippen molar-refractivity contribution in [3.63, 3.8) is 0 Å². The zero-order valence-corrected chi connectivity index (χ0v) is 15.0. The molecule has 25 heavy (non-hydrogen) atoms. The molecule has 0 atom stereocenters. The van der Waals surface area contributed by atoms with Crippen LogP contribution in [0.15, 0.2) is 24.5 Å². The second kappa shape index (κ2) is 6.92. The molecule has 0 N–H and O–H groups in total. The lowest BCUT2D eigenvalue weighted by molar-refractivity contribution is 0.0519. The molecule has 0 aliphatic heterocycles. The predicted octanol–water partition coefficient (Wildman–Crippen LogP) is 4.10. The van der Waals surface area contributed by atoms with Crippen LogP contribution in [0.2, 0.25) is 0 Å². The van der Waals surface area contributed by atoms with E-state index in [1.165, 1.54) is 19.3 Å². The maximum absolute atomic E-state index is 12.2. The van der Waals surface area contributed by atoms with Crippen molar-refractivity contribution in [1.82, 2.24) is 19.7 Å². The molecule has 4 rings (SSSR count). The molecule has 0 aromatic carbocycles. The fraction of sp³-hybridized carbons (Fsp3) is 0.444. The Kier molecular flexibility index (Phi) is 4.48. The van der Waals surface area contributed by atoms with Gasteiger partial charge in [0.15, 0.2) is 5.69 Å². The minimum Gasteiger partial charge on any atom is -0.461 e. The van der Waals surface area contributed by atoms with E-state index in [1.54, 1.807) is 24.5 Å². The van der Waals surface area contributed by atoms with Crippen molar-refractivity contribution in [1.29, 1.82) is 0 Å². The summed E-state index contributed by atoms with van der Waals surface area (Å²) in [7, 11) is 0. The number of pyridine rings is 1. The van der Waals surface area contributed by atoms with Gasteiger partial charge in [-0.1, -0.05) is 30.6 Å². The number of ether oxygens (including phenoxy) is 1. The van der Waals surface area contributed by atoms with Crippen molar-refractivity contribution < 1.29 is 9.53 Å². The average Bonchev–Trinajstić information content (AvgIpc) is 3.27. The van der Waals surface area contributed by atoms with E-state index in [0.29, 0.717) is 18.2 Å². The van der Waals surface area contributed by atoms with E-state index in [2.05, 4.69) is 15.1 Å². The van der Waals surface area contributed by atoms with E-state index in [4.69, 9.17) is 4.74 Å². The van der Waals surface area contributed by atoms with Gasteiger partial charge >= 0.3 is 5.97 Å². The van der Waals surface area contributed by atoms with Crippen LogP contribution in [0, 0.1) is 0 Å². The largest absolute Gasteiger partial charge is 0.461 e. The second-order valence-electron chi connectivity index (χ2n) is 6.26. The number of aromatic nitrogens is 4. The molecule has 0 bridgehead atoms. The van der Waals surface area contributed by atoms with E-state index < -0.39 is 0 Å². The number of fused-ring (bicyclic) bond motifs is 1. The first-order valence-corrected chi connectivity index (χ1v) is 9.56. The lowest BCUT2D eigenvalue weighted by Gasteiger charge is -2.21. The van der Waals surface area contributed by atoms with Crippen LogP contribution in [0.1, 0.15) is 61.1 Å². The highest BCUT2D eigenvalue weighted by atomic mass is 32.1. The highest BCUT2D eigenvalue weighted by molar-refractivity contribution is 7.20. The van der Waals surface area contributed by atoms with Crippen molar-refractivity contribution in [3.05, 3.63) is 35.9 Å². The van der Waals surface area contributed by atoms with Crippen LogP contribution in [-0.2, 0) is 4.74 Å². The van der Waals surface area contributed by atoms with Crippen LogP contribution in [0.4, 0.5) is 0 Å². The number of carbonyl (C=O) groups is 1. The van der Waals surface area contributed by atoms with Gasteiger partial charge in [0, 0.05) is 18.3 Å². The Balaban J connectivity index is 1.79. The van der Waals surface area contributed by atoms with Gasteiger partial charge in [-0.25, -0.2) is 14.5 Å². The smallest absolute Gasteiger partial charge is 0.358 e. The van der Waals surface area contributed by atoms with Gasteiger partial charge in [-0.15, -0.1) is 0 Å². The molecular weight excluding hydrogens is 336 g/mol. The lowest BCUT2D eigenvalue weighted by Crippen LogP contribution is -2.11. The molecule has 3 aromatic heterocycles. The Bertz CT molecular complexity index is 863. The summed E-state index contributed by atoms with van der Waals surface area (Å²) in [4.78, 5) is 21.0. The summed E-state index contributed by atoms with van der Waals surface area (Å²) in [5.74, 6) is 0.0376. The van der Waals surface area contributed by atoms with Gasteiger partial charge in [-0.2, -0.15) is 5.10 Å². The highest BCUT2D eigenvalue weighted by Crippen LogP contribution is 2.35. The molecule has 1 aliphatic carbocycles. The zero-order chi connectivity index (χ0) is 17.2. The molecule has 6 nitrogen and oxygen atoms in total. The Morgan fingerprint density at radius 1 is 1.36 bits per heavy atom. The minimum atomic E-state index is -0.374. The molecule has 1 aliphatic rings. The quantitative estimate of drug-likeness (QED) is 0.658. The first kappa shape index (κ1) is 16.2. The first-order chi connectivity index (χ1) is 12.3. The second-order valence-corrected chi connectivity index (χ2v) is 7.27. The summed E-state index contributed by atoms with van der Waals surface area (Å²) in [6.45, 7) is 2.15. The van der Waals surface area contributed by atoms with E-state index in [0.717, 1.165) is 33.9 Å². The van der Waals surface area contributed by atoms with Gasteiger partial charge in [0.25, 0.3) is 0 Å². The lowest BCUT2D eigenvalue weighted by atomic mass is 9.87. The van der Waals surface area contributed by atoms with E-state index in [1.807, 2.05) is 23.0 Å². The van der Waals surface area contributed by atoms with E-state index >= 15 is 0 Å². The molecule has 1 fully saturated rings. The molecule has 3 heterocycles. The van der Waals surface area contributed by atoms with Crippen molar-refractivity contribution in [2.75, 3.05) is 6.61 Å². The van der Waals surface area contributed by atoms with Crippen molar-refractivity contribution >= 4 is 27.5 Å². The third-order valence-electron chi connectivity index (χ3n) is 4.61. The van der Waals surface area contributed by atoms with Crippen LogP contribution in [0.25, 0.3) is 15.3 Å². The molecular formula is C18H20N4O2S. The Morgan fingerprint density at radius 2 is 2.20 bits per heavy atom. The van der Waals surface area contributed by atoms with Crippen molar-refractivity contribution in [3.8, 4) is 5.13 Å². The highest BCUT2D eigenvalue weighted by Gasteiger charge is 2.25. The van der Waals surface area contributed by atoms with Crippen molar-refractivity contribution in [2.45, 2.75) is 44.9 Å². The Morgan fingerprint density at radius 3 is 2.96 bits per heavy atom. The molecule has 0 radical (unpaired) electrons. The van der Waals surface area contributed by atoms with E-state index in [-0.39, 0.29) is 5.97 Å². The fourth-order valence-corrected chi connectivity index (χ4v) is 4.31. The third-order valence-corrected chi connectivity index (χ3v) is 5.59. The molecule has 130 valence electrons. The number of thiazole rings is 1. The number of carbonyl (C=O) groups excluding carboxylic acids is 1. The standard InChI is InChI=1S/C18H20N4O2S/c1-2-24-17(23)14-10-15(12-6-4-3-5-7-12)22(21-14)18-20-13-8-9-19-11-16(13)25-18/h8-12H,2-7H2,1H3. The average molecular weight is 356 g/mol. The number of nitrogens with zero attached hydrogens (tertiary/aromatic N) is 4. The van der Waals surface area contributed by atoms with Crippen molar-refractivity contribution in [2.24, 2.45) is 0 Å². The van der Waals surface area contributed by atoms with Gasteiger partial charge in [-0.05, 0) is 31.9 Å². The number of esters is 1. The normalized spacial score (nSPS) is 15.6. The van der Waals surface area contributed by atoms with Gasteiger partial charge in [0.1, 0.15) is 0 Å². The van der Waals surface area contributed by atoms with Crippen LogP contribution < -0.4 is 0 Å². The van der Waals surface area contributed by atoms with Crippen LogP contribution in [0.3, 0.4) is 0 Å². The Labute approximate surface area is 149 Å². The molecule has 3 aromatic rings. The molecule has 0 saturated heterocycles. The van der Waals surface area contributed by atoms with Crippen LogP contribution in [0.5, 0.6) is 0 Å². The summed E-state index contributed by atoms with van der Waals surface area (Å²) in [5, 5.41) is 5.32. The summed E-state index contributed by atoms with van der Waals surface area (Å²) < 4.78 is 7.99. The summed E-state index contributed by atoms with van der Waals surface area (Å²) in [6, 6.07) is 3.78. The molecule has 1 saturated carbocycles. The van der Waals surface area contributed by atoms with Gasteiger partial charge < -0.3 is 4.74 Å². The number of rotatable bonds is 4. The SMILES string of the molecule is CCOC(=O)c1cc(C2CCCCC2)n(-c2nc3ccncc3s2)n1. The number of hydrogen-bond acceptors (Lipinski definition) is 6. The molecule has 0 amide bonds. The predicted molar refractivity (Wildman–Crippen MR) is 96.3 cm³/mol. The fourth-order valence-electron chi connectivity index (χ4n) is 3.40. The third kappa shape index (κ3) is 3.16. The molecule has 0 spiro atoms. The summed E-state index contributed by atoms with van der Waals surface area (Å²) in [6.07, 6.45) is 9.51. The van der Waals surface area contributed by atoms with Gasteiger partial charge in [0.05, 0.1) is 22.5 Å². The summed E-state index contributed by atoms with van der Waals surface area (Å²) >= 11 is 1.54. The maximum atomic E-state index is 12.2. The van der Waals surface area contributed by atoms with Gasteiger partial charge in [0.2, 0.25) is 5.13 Å². The van der Waals surface area contributed by atoms with Crippen LogP contribution in [-0.4, -0.2) is 32.3 Å². The summed E-state index contributed by atoms with van der Waals surface area (Å²) in [5.41, 5.74) is 2.33. The minimum absolute atomic E-state index is 0.345. The monoisotopic (exact) mass is 356 g/mol. The van der Waals surface area contributed by atoms with Crippen LogP contribution >= 0.6 is 11.3 Å². The Hall–Kier alpha value is -2.28. The van der Waals surface area contributed by atoms with Gasteiger partial charge in [-0.3, -0.25) is 4.98 Å². The number of hydrogen-bond donors (Lipinski definition) is 0. The zero-order valence-electron chi connectivity index (χ0n) is 14.1. The topological polar surface area (TPSA) is 69.9 Å². The first-order valence-electron chi connectivity index (χ1n) is 8.74. The molecule has 7 heteroatoms. The maximum Gasteiger partial charge on any atom is 0.358 e. The van der Waals surface area contributed by atoms with E-state index in [9.17, 15) is 4.79 Å². The molecule has 0 unspecified atom stereocenters.